The molecule has 12 heteroatoms. The van der Waals surface area contributed by atoms with Gasteiger partial charge in [0.05, 0.1) is 5.41 Å². The number of carboxylic acids is 3. The zero-order chi connectivity index (χ0) is 36.9. The van der Waals surface area contributed by atoms with E-state index in [9.17, 15) is 29.1 Å². The summed E-state index contributed by atoms with van der Waals surface area (Å²) in [5.74, 6) is -4.27. The van der Waals surface area contributed by atoms with E-state index in [1.165, 1.54) is 5.57 Å². The molecule has 0 aromatic heterocycles. The van der Waals surface area contributed by atoms with Crippen LogP contribution in [0.5, 0.6) is 0 Å². The van der Waals surface area contributed by atoms with Gasteiger partial charge in [0.25, 0.3) is 0 Å². The van der Waals surface area contributed by atoms with Gasteiger partial charge in [-0.1, -0.05) is 53.2 Å². The number of ether oxygens (including phenoxy) is 4. The van der Waals surface area contributed by atoms with E-state index in [-0.39, 0.29) is 46.0 Å². The van der Waals surface area contributed by atoms with Crippen LogP contribution in [-0.2, 0) is 42.9 Å². The number of hydrogen-bond donors (Lipinski definition) is 3. The molecule has 9 atom stereocenters. The minimum absolute atomic E-state index is 0.00248. The van der Waals surface area contributed by atoms with Gasteiger partial charge in [0, 0.05) is 5.41 Å². The van der Waals surface area contributed by atoms with E-state index < -0.39 is 73.2 Å². The van der Waals surface area contributed by atoms with Gasteiger partial charge in [-0.15, -0.1) is 0 Å². The van der Waals surface area contributed by atoms with Gasteiger partial charge in [0.15, 0.2) is 0 Å². The molecule has 0 aromatic rings. The highest BCUT2D eigenvalue weighted by Gasteiger charge is 2.70. The summed E-state index contributed by atoms with van der Waals surface area (Å²) in [5.41, 5.74) is -0.686. The molecule has 0 aromatic carbocycles. The van der Waals surface area contributed by atoms with E-state index in [0.717, 1.165) is 44.9 Å². The molecule has 12 nitrogen and oxygen atoms in total. The second-order valence-electron chi connectivity index (χ2n) is 17.6. The Morgan fingerprint density at radius 2 is 1.36 bits per heavy atom. The molecule has 5 rings (SSSR count). The van der Waals surface area contributed by atoms with E-state index in [4.69, 9.17) is 29.2 Å². The van der Waals surface area contributed by atoms with Gasteiger partial charge in [-0.25, -0.2) is 19.2 Å². The monoisotopic (exact) mass is 704 g/mol. The molecule has 50 heavy (non-hydrogen) atoms. The van der Waals surface area contributed by atoms with Crippen LogP contribution in [0.2, 0.25) is 0 Å². The standard InChI is InChI=1S/C38H56O12/c1-33(2)13-15-38(32(45)46)16-14-36(5)23(24(38)17-33)7-8-26-34(3)11-10-27(50-31(44)21-48-19-29(41)42)35(4,25(34)9-12-37(26,36)6)22-49-30(43)20-47-18-28(39)40/h7,24-27H,8-22H2,1-6H3,(H,39,40)(H,41,42)(H,45,46)/t24-,25+,26+,27-,34-,35-,36+,37+,38-/m0/s1. The Bertz CT molecular complexity index is 1420. The third kappa shape index (κ3) is 6.48. The lowest BCUT2D eigenvalue weighted by molar-refractivity contribution is -0.228. The first kappa shape index (κ1) is 38.2. The summed E-state index contributed by atoms with van der Waals surface area (Å²) in [6.45, 7) is 11.2. The lowest BCUT2D eigenvalue weighted by Gasteiger charge is -2.71. The van der Waals surface area contributed by atoms with Crippen molar-refractivity contribution in [1.82, 2.24) is 0 Å². The molecule has 280 valence electrons. The van der Waals surface area contributed by atoms with Crippen molar-refractivity contribution < 1.29 is 58.2 Å². The molecule has 0 aliphatic heterocycles. The van der Waals surface area contributed by atoms with Crippen molar-refractivity contribution in [1.29, 1.82) is 0 Å². The van der Waals surface area contributed by atoms with Crippen molar-refractivity contribution in [3.05, 3.63) is 11.6 Å². The molecule has 0 spiro atoms. The third-order valence-corrected chi connectivity index (χ3v) is 14.5. The molecule has 0 saturated heterocycles. The fraction of sp³-hybridized carbons (Fsp3) is 0.816. The highest BCUT2D eigenvalue weighted by molar-refractivity contribution is 5.77. The normalized spacial score (nSPS) is 40.1. The number of allylic oxidation sites excluding steroid dienone is 2. The van der Waals surface area contributed by atoms with Crippen LogP contribution < -0.4 is 0 Å². The summed E-state index contributed by atoms with van der Waals surface area (Å²) in [6.07, 6.45) is 9.43. The number of carboxylic acid groups (broad SMARTS) is 3. The van der Waals surface area contributed by atoms with Gasteiger partial charge in [-0.3, -0.25) is 4.79 Å². The summed E-state index contributed by atoms with van der Waals surface area (Å²) >= 11 is 0. The smallest absolute Gasteiger partial charge is 0.332 e. The zero-order valence-corrected chi connectivity index (χ0v) is 30.5. The number of esters is 2. The number of hydrogen-bond acceptors (Lipinski definition) is 9. The van der Waals surface area contributed by atoms with Crippen LogP contribution in [0.25, 0.3) is 0 Å². The Morgan fingerprint density at radius 3 is 1.98 bits per heavy atom. The van der Waals surface area contributed by atoms with Crippen molar-refractivity contribution in [2.24, 2.45) is 50.2 Å². The molecule has 4 fully saturated rings. The van der Waals surface area contributed by atoms with E-state index in [2.05, 4.69) is 40.7 Å². The van der Waals surface area contributed by atoms with Gasteiger partial charge in [-0.2, -0.15) is 0 Å². The van der Waals surface area contributed by atoms with E-state index in [1.54, 1.807) is 0 Å². The van der Waals surface area contributed by atoms with Crippen LogP contribution >= 0.6 is 0 Å². The predicted molar refractivity (Wildman–Crippen MR) is 179 cm³/mol. The van der Waals surface area contributed by atoms with Gasteiger partial charge < -0.3 is 34.3 Å². The molecule has 0 unspecified atom stereocenters. The largest absolute Gasteiger partial charge is 0.481 e. The van der Waals surface area contributed by atoms with Gasteiger partial charge in [0.2, 0.25) is 0 Å². The van der Waals surface area contributed by atoms with Crippen LogP contribution in [0.4, 0.5) is 0 Å². The lowest BCUT2D eigenvalue weighted by Crippen LogP contribution is -2.66. The lowest BCUT2D eigenvalue weighted by atomic mass is 9.33. The Morgan fingerprint density at radius 1 is 0.740 bits per heavy atom. The van der Waals surface area contributed by atoms with E-state index in [0.29, 0.717) is 19.3 Å². The molecular formula is C38H56O12. The molecule has 0 heterocycles. The van der Waals surface area contributed by atoms with Crippen molar-refractivity contribution in [3.8, 4) is 0 Å². The number of aliphatic carboxylic acids is 3. The van der Waals surface area contributed by atoms with Crippen molar-refractivity contribution in [3.63, 3.8) is 0 Å². The molecule has 0 bridgehead atoms. The molecule has 0 radical (unpaired) electrons. The average molecular weight is 705 g/mol. The summed E-state index contributed by atoms with van der Waals surface area (Å²) in [5, 5.41) is 28.5. The first-order valence-corrected chi connectivity index (χ1v) is 18.1. The van der Waals surface area contributed by atoms with Crippen molar-refractivity contribution in [2.75, 3.05) is 33.0 Å². The Kier molecular flexibility index (Phi) is 10.3. The first-order valence-electron chi connectivity index (χ1n) is 18.1. The van der Waals surface area contributed by atoms with Crippen molar-refractivity contribution in [2.45, 2.75) is 112 Å². The molecular weight excluding hydrogens is 648 g/mol. The number of rotatable bonds is 12. The van der Waals surface area contributed by atoms with Crippen LogP contribution in [0, 0.1) is 50.2 Å². The Balaban J connectivity index is 1.46. The quantitative estimate of drug-likeness (QED) is 0.171. The predicted octanol–water partition coefficient (Wildman–Crippen LogP) is 5.51. The molecule has 3 N–H and O–H groups in total. The third-order valence-electron chi connectivity index (χ3n) is 14.5. The second-order valence-corrected chi connectivity index (χ2v) is 17.6. The maximum atomic E-state index is 13.0. The van der Waals surface area contributed by atoms with Crippen LogP contribution in [-0.4, -0.2) is 84.3 Å². The number of fused-ring (bicyclic) bond motifs is 7. The van der Waals surface area contributed by atoms with Crippen LogP contribution in [0.3, 0.4) is 0 Å². The average Bonchev–Trinajstić information content (AvgIpc) is 3.01. The molecule has 5 aliphatic rings. The summed E-state index contributed by atoms with van der Waals surface area (Å²) in [4.78, 5) is 60.4. The second kappa shape index (κ2) is 13.5. The van der Waals surface area contributed by atoms with Crippen LogP contribution in [0.1, 0.15) is 106 Å². The van der Waals surface area contributed by atoms with E-state index in [1.807, 2.05) is 6.92 Å². The fourth-order valence-corrected chi connectivity index (χ4v) is 11.7. The highest BCUT2D eigenvalue weighted by atomic mass is 16.6. The summed E-state index contributed by atoms with van der Waals surface area (Å²) in [6, 6.07) is 0. The number of carbonyl (C=O) groups is 5. The van der Waals surface area contributed by atoms with Gasteiger partial charge in [0.1, 0.15) is 39.1 Å². The highest BCUT2D eigenvalue weighted by Crippen LogP contribution is 2.76. The zero-order valence-electron chi connectivity index (χ0n) is 30.5. The van der Waals surface area contributed by atoms with E-state index >= 15 is 0 Å². The Hall–Kier alpha value is -2.99. The maximum absolute atomic E-state index is 13.0. The topological polar surface area (TPSA) is 183 Å². The molecule has 4 saturated carbocycles. The minimum Gasteiger partial charge on any atom is -0.481 e. The Labute approximate surface area is 294 Å². The van der Waals surface area contributed by atoms with Crippen molar-refractivity contribution >= 4 is 29.8 Å². The first-order chi connectivity index (χ1) is 23.2. The SMILES string of the molecule is CC1(C)CC[C@]2(C(=O)O)CC[C@]3(C)C(=CC[C@@H]4[C@@]5(C)CC[C@H](OC(=O)COCC(=O)O)[C@@](C)(COC(=O)COCC(=O)O)[C@@H]5CC[C@]43C)[C@@H]2C1. The summed E-state index contributed by atoms with van der Waals surface area (Å²) in [7, 11) is 0. The fourth-order valence-electron chi connectivity index (χ4n) is 11.7. The molecule has 5 aliphatic carbocycles. The minimum atomic E-state index is -1.20. The maximum Gasteiger partial charge on any atom is 0.332 e. The number of carbonyl (C=O) groups excluding carboxylic acids is 2. The van der Waals surface area contributed by atoms with Gasteiger partial charge >= 0.3 is 29.8 Å². The summed E-state index contributed by atoms with van der Waals surface area (Å²) < 4.78 is 21.7. The van der Waals surface area contributed by atoms with Gasteiger partial charge in [-0.05, 0) is 104 Å². The molecule has 0 amide bonds. The van der Waals surface area contributed by atoms with Crippen LogP contribution in [0.15, 0.2) is 11.6 Å².